The van der Waals surface area contributed by atoms with Gasteiger partial charge in [0.2, 0.25) is 0 Å². The molecule has 116 valence electrons. The van der Waals surface area contributed by atoms with Gasteiger partial charge < -0.3 is 9.47 Å². The van der Waals surface area contributed by atoms with Crippen molar-refractivity contribution >= 4 is 0 Å². The summed E-state index contributed by atoms with van der Waals surface area (Å²) in [6.07, 6.45) is 5.56. The van der Waals surface area contributed by atoms with E-state index in [4.69, 9.17) is 15.3 Å². The summed E-state index contributed by atoms with van der Waals surface area (Å²) in [7, 11) is 1.82. The zero-order valence-corrected chi connectivity index (χ0v) is 13.0. The molecule has 1 fully saturated rings. The van der Waals surface area contributed by atoms with Crippen LogP contribution in [-0.4, -0.2) is 19.3 Å². The summed E-state index contributed by atoms with van der Waals surface area (Å²) >= 11 is 0. The number of nitrogens with two attached hydrogens (primary N) is 1. The van der Waals surface area contributed by atoms with Crippen LogP contribution in [-0.2, 0) is 11.2 Å². The maximum atomic E-state index is 6.00. The molecular formula is C17H26N2O2. The van der Waals surface area contributed by atoms with E-state index in [-0.39, 0.29) is 11.6 Å². The second kappa shape index (κ2) is 5.95. The minimum Gasteiger partial charge on any atom is -0.493 e. The third-order valence-corrected chi connectivity index (χ3v) is 5.14. The number of fused-ring (bicyclic) bond motifs is 1. The van der Waals surface area contributed by atoms with Gasteiger partial charge in [-0.1, -0.05) is 31.9 Å². The second-order valence-electron chi connectivity index (χ2n) is 6.54. The molecule has 0 amide bonds. The summed E-state index contributed by atoms with van der Waals surface area (Å²) in [5.41, 5.74) is 5.30. The molecule has 3 rings (SSSR count). The molecule has 4 heteroatoms. The lowest BCUT2D eigenvalue weighted by Crippen LogP contribution is -2.50. The van der Waals surface area contributed by atoms with Gasteiger partial charge in [-0.05, 0) is 36.0 Å². The predicted octanol–water partition coefficient (Wildman–Crippen LogP) is 2.72. The Kier molecular flexibility index (Phi) is 4.20. The summed E-state index contributed by atoms with van der Waals surface area (Å²) in [6.45, 7) is 3.09. The van der Waals surface area contributed by atoms with E-state index in [1.807, 2.05) is 7.11 Å². The highest BCUT2D eigenvalue weighted by Gasteiger charge is 2.42. The van der Waals surface area contributed by atoms with Crippen molar-refractivity contribution in [1.29, 1.82) is 0 Å². The molecular weight excluding hydrogens is 264 g/mol. The molecule has 0 saturated heterocycles. The van der Waals surface area contributed by atoms with Gasteiger partial charge in [0.05, 0.1) is 18.2 Å². The minimum absolute atomic E-state index is 0.0242. The molecule has 1 aliphatic carbocycles. The van der Waals surface area contributed by atoms with Crippen molar-refractivity contribution in [3.63, 3.8) is 0 Å². The van der Waals surface area contributed by atoms with E-state index in [1.165, 1.54) is 24.0 Å². The lowest BCUT2D eigenvalue weighted by atomic mass is 9.72. The second-order valence-corrected chi connectivity index (χ2v) is 6.54. The average Bonchev–Trinajstić information content (AvgIpc) is 2.95. The van der Waals surface area contributed by atoms with Crippen molar-refractivity contribution < 1.29 is 9.47 Å². The maximum Gasteiger partial charge on any atom is 0.122 e. The molecule has 1 aliphatic heterocycles. The molecule has 1 aromatic rings. The van der Waals surface area contributed by atoms with Crippen LogP contribution in [0.25, 0.3) is 0 Å². The lowest BCUT2D eigenvalue weighted by Gasteiger charge is -2.44. The first-order valence-electron chi connectivity index (χ1n) is 7.95. The first-order chi connectivity index (χ1) is 10.2. The van der Waals surface area contributed by atoms with Gasteiger partial charge in [-0.15, -0.1) is 0 Å². The SMILES string of the molecule is COC1(C(NN)c2ccc3c(c2)CCO3)CCCC(C)C1. The quantitative estimate of drug-likeness (QED) is 0.661. The molecule has 2 aliphatic rings. The molecule has 4 nitrogen and oxygen atoms in total. The summed E-state index contributed by atoms with van der Waals surface area (Å²) in [6, 6.07) is 6.44. The number of methoxy groups -OCH3 is 1. The normalized spacial score (nSPS) is 29.8. The van der Waals surface area contributed by atoms with Gasteiger partial charge in [0.25, 0.3) is 0 Å². The van der Waals surface area contributed by atoms with Crippen LogP contribution in [0.3, 0.4) is 0 Å². The fourth-order valence-corrected chi connectivity index (χ4v) is 4.05. The van der Waals surface area contributed by atoms with Crippen molar-refractivity contribution in [3.05, 3.63) is 29.3 Å². The summed E-state index contributed by atoms with van der Waals surface area (Å²) in [5, 5.41) is 0. The van der Waals surface area contributed by atoms with Gasteiger partial charge in [-0.25, -0.2) is 0 Å². The Bertz CT molecular complexity index is 506. The molecule has 0 spiro atoms. The smallest absolute Gasteiger partial charge is 0.122 e. The predicted molar refractivity (Wildman–Crippen MR) is 83.1 cm³/mol. The van der Waals surface area contributed by atoms with Crippen molar-refractivity contribution in [2.75, 3.05) is 13.7 Å². The van der Waals surface area contributed by atoms with Crippen molar-refractivity contribution in [1.82, 2.24) is 5.43 Å². The Hall–Kier alpha value is -1.10. The summed E-state index contributed by atoms with van der Waals surface area (Å²) in [5.74, 6) is 7.61. The van der Waals surface area contributed by atoms with E-state index in [0.29, 0.717) is 5.92 Å². The summed E-state index contributed by atoms with van der Waals surface area (Å²) < 4.78 is 11.6. The largest absolute Gasteiger partial charge is 0.493 e. The molecule has 0 bridgehead atoms. The first kappa shape index (κ1) is 14.8. The number of hydrogen-bond donors (Lipinski definition) is 2. The standard InChI is InChI=1S/C17H26N2O2/c1-12-4-3-8-17(11-12,20-2)16(19-18)14-5-6-15-13(10-14)7-9-21-15/h5-6,10,12,16,19H,3-4,7-9,11,18H2,1-2H3. The highest BCUT2D eigenvalue weighted by Crippen LogP contribution is 2.43. The molecule has 3 unspecified atom stereocenters. The Morgan fingerprint density at radius 2 is 2.33 bits per heavy atom. The van der Waals surface area contributed by atoms with E-state index < -0.39 is 0 Å². The van der Waals surface area contributed by atoms with Crippen LogP contribution >= 0.6 is 0 Å². The van der Waals surface area contributed by atoms with Gasteiger partial charge in [-0.2, -0.15) is 0 Å². The number of rotatable bonds is 4. The fraction of sp³-hybridized carbons (Fsp3) is 0.647. The monoisotopic (exact) mass is 290 g/mol. The van der Waals surface area contributed by atoms with Crippen LogP contribution in [0.2, 0.25) is 0 Å². The Balaban J connectivity index is 1.92. The van der Waals surface area contributed by atoms with Crippen molar-refractivity contribution in [2.24, 2.45) is 11.8 Å². The number of nitrogens with one attached hydrogen (secondary N) is 1. The van der Waals surface area contributed by atoms with Crippen molar-refractivity contribution in [3.8, 4) is 5.75 Å². The van der Waals surface area contributed by atoms with E-state index in [0.717, 1.165) is 31.6 Å². The van der Waals surface area contributed by atoms with E-state index in [2.05, 4.69) is 30.5 Å². The average molecular weight is 290 g/mol. The van der Waals surface area contributed by atoms with Crippen LogP contribution in [0.15, 0.2) is 18.2 Å². The van der Waals surface area contributed by atoms with E-state index in [1.54, 1.807) is 0 Å². The zero-order valence-electron chi connectivity index (χ0n) is 13.0. The van der Waals surface area contributed by atoms with E-state index in [9.17, 15) is 0 Å². The third-order valence-electron chi connectivity index (χ3n) is 5.14. The molecule has 3 atom stereocenters. The third kappa shape index (κ3) is 2.68. The zero-order chi connectivity index (χ0) is 14.9. The van der Waals surface area contributed by atoms with E-state index >= 15 is 0 Å². The molecule has 1 heterocycles. The van der Waals surface area contributed by atoms with Crippen LogP contribution in [0.1, 0.15) is 49.8 Å². The minimum atomic E-state index is -0.208. The number of ether oxygens (including phenoxy) is 2. The Morgan fingerprint density at radius 3 is 3.05 bits per heavy atom. The molecule has 1 aromatic carbocycles. The number of hydrazine groups is 1. The van der Waals surface area contributed by atoms with Crippen LogP contribution in [0.5, 0.6) is 5.75 Å². The number of hydrogen-bond acceptors (Lipinski definition) is 4. The van der Waals surface area contributed by atoms with Crippen LogP contribution < -0.4 is 16.0 Å². The van der Waals surface area contributed by atoms with Gasteiger partial charge in [0.1, 0.15) is 5.75 Å². The van der Waals surface area contributed by atoms with Gasteiger partial charge in [0, 0.05) is 13.5 Å². The van der Waals surface area contributed by atoms with Gasteiger partial charge >= 0.3 is 0 Å². The Labute approximate surface area is 127 Å². The van der Waals surface area contributed by atoms with Gasteiger partial charge in [0.15, 0.2) is 0 Å². The lowest BCUT2D eigenvalue weighted by molar-refractivity contribution is -0.0806. The first-order valence-corrected chi connectivity index (χ1v) is 7.95. The maximum absolute atomic E-state index is 6.00. The highest BCUT2D eigenvalue weighted by molar-refractivity contribution is 5.41. The molecule has 21 heavy (non-hydrogen) atoms. The molecule has 0 aromatic heterocycles. The Morgan fingerprint density at radius 1 is 1.48 bits per heavy atom. The fourth-order valence-electron chi connectivity index (χ4n) is 4.05. The highest BCUT2D eigenvalue weighted by atomic mass is 16.5. The van der Waals surface area contributed by atoms with Gasteiger partial charge in [-0.3, -0.25) is 11.3 Å². The molecule has 0 radical (unpaired) electrons. The van der Waals surface area contributed by atoms with Crippen LogP contribution in [0, 0.1) is 5.92 Å². The van der Waals surface area contributed by atoms with Crippen molar-refractivity contribution in [2.45, 2.75) is 50.7 Å². The van der Waals surface area contributed by atoms with Crippen LogP contribution in [0.4, 0.5) is 0 Å². The molecule has 1 saturated carbocycles. The topological polar surface area (TPSA) is 56.5 Å². The molecule has 3 N–H and O–H groups in total. The number of benzene rings is 1. The summed E-state index contributed by atoms with van der Waals surface area (Å²) in [4.78, 5) is 0.